The summed E-state index contributed by atoms with van der Waals surface area (Å²) in [6.45, 7) is 0.187. The first kappa shape index (κ1) is 15.0. The summed E-state index contributed by atoms with van der Waals surface area (Å²) >= 11 is 0. The number of para-hydroxylation sites is 1. The summed E-state index contributed by atoms with van der Waals surface area (Å²) in [6, 6.07) is 9.69. The Kier molecular flexibility index (Phi) is 3.50. The van der Waals surface area contributed by atoms with E-state index in [1.807, 2.05) is 30.3 Å². The van der Waals surface area contributed by atoms with Gasteiger partial charge >= 0.3 is 5.97 Å². The predicted octanol–water partition coefficient (Wildman–Crippen LogP) is 1.34. The number of fused-ring (bicyclic) bond motifs is 2. The Morgan fingerprint density at radius 1 is 1.16 bits per heavy atom. The highest BCUT2D eigenvalue weighted by Gasteiger charge is 2.15. The number of nitrogens with zero attached hydrogens (tertiary/aromatic N) is 4. The number of carboxylic acids is 1. The van der Waals surface area contributed by atoms with Gasteiger partial charge < -0.3 is 10.1 Å². The predicted molar refractivity (Wildman–Crippen MR) is 90.3 cm³/mol. The first-order chi connectivity index (χ1) is 12.1. The second kappa shape index (κ2) is 5.82. The minimum Gasteiger partial charge on any atom is -0.481 e. The second-order valence-corrected chi connectivity index (χ2v) is 5.62. The van der Waals surface area contributed by atoms with Crippen molar-refractivity contribution in [2.24, 2.45) is 0 Å². The highest BCUT2D eigenvalue weighted by molar-refractivity contribution is 5.81. The maximum Gasteiger partial charge on any atom is 0.309 e. The van der Waals surface area contributed by atoms with Crippen LogP contribution in [0.1, 0.15) is 11.4 Å². The number of nitrogens with one attached hydrogen (secondary N) is 1. The fourth-order valence-electron chi connectivity index (χ4n) is 2.82. The maximum atomic E-state index is 12.6. The van der Waals surface area contributed by atoms with Gasteiger partial charge in [0.2, 0.25) is 0 Å². The molecule has 3 aromatic heterocycles. The van der Waals surface area contributed by atoms with Crippen molar-refractivity contribution < 1.29 is 9.90 Å². The fraction of sp³-hybridized carbons (Fsp3) is 0.118. The molecule has 0 bridgehead atoms. The van der Waals surface area contributed by atoms with Crippen LogP contribution in [-0.4, -0.2) is 35.8 Å². The van der Waals surface area contributed by atoms with E-state index in [1.165, 1.54) is 17.1 Å². The number of rotatable bonds is 4. The van der Waals surface area contributed by atoms with Gasteiger partial charge in [0.05, 0.1) is 13.0 Å². The van der Waals surface area contributed by atoms with Gasteiger partial charge in [-0.25, -0.2) is 9.67 Å². The fourth-order valence-corrected chi connectivity index (χ4v) is 2.82. The summed E-state index contributed by atoms with van der Waals surface area (Å²) in [5.74, 6) is -1.05. The molecular formula is C17H13N5O3. The van der Waals surface area contributed by atoms with Crippen molar-refractivity contribution in [1.82, 2.24) is 24.7 Å². The SMILES string of the molecule is O=C(O)Cc1nn(Cc2cc3ccccc3[nH]2)c(=O)c2nccnc12. The summed E-state index contributed by atoms with van der Waals surface area (Å²) in [7, 11) is 0. The molecule has 0 spiro atoms. The van der Waals surface area contributed by atoms with Crippen molar-refractivity contribution in [3.8, 4) is 0 Å². The first-order valence-corrected chi connectivity index (χ1v) is 7.61. The topological polar surface area (TPSA) is 114 Å². The molecule has 4 aromatic rings. The van der Waals surface area contributed by atoms with Gasteiger partial charge in [-0.1, -0.05) is 18.2 Å². The number of benzene rings is 1. The summed E-state index contributed by atoms with van der Waals surface area (Å²) in [5, 5.41) is 14.3. The third-order valence-corrected chi connectivity index (χ3v) is 3.87. The lowest BCUT2D eigenvalue weighted by Gasteiger charge is -2.08. The Labute approximate surface area is 140 Å². The standard InChI is InChI=1S/C17H13N5O3/c23-14(24)8-13-15-16(19-6-5-18-15)17(25)22(21-13)9-11-7-10-3-1-2-4-12(10)20-11/h1-7,20H,8-9H2,(H,23,24). The largest absolute Gasteiger partial charge is 0.481 e. The van der Waals surface area contributed by atoms with Gasteiger partial charge in [-0.2, -0.15) is 5.10 Å². The van der Waals surface area contributed by atoms with Crippen LogP contribution in [0.2, 0.25) is 0 Å². The average molecular weight is 335 g/mol. The van der Waals surface area contributed by atoms with Crippen LogP contribution in [-0.2, 0) is 17.8 Å². The number of carbonyl (C=O) groups is 1. The van der Waals surface area contributed by atoms with Gasteiger partial charge in [0.1, 0.15) is 11.2 Å². The molecule has 25 heavy (non-hydrogen) atoms. The number of carboxylic acid groups (broad SMARTS) is 1. The smallest absolute Gasteiger partial charge is 0.309 e. The Bertz CT molecular complexity index is 1130. The molecular weight excluding hydrogens is 322 g/mol. The number of hydrogen-bond donors (Lipinski definition) is 2. The third kappa shape index (κ3) is 2.74. The van der Waals surface area contributed by atoms with Gasteiger partial charge in [0.25, 0.3) is 5.56 Å². The van der Waals surface area contributed by atoms with E-state index in [1.54, 1.807) is 0 Å². The molecule has 0 unspecified atom stereocenters. The van der Waals surface area contributed by atoms with E-state index in [0.29, 0.717) is 0 Å². The van der Waals surface area contributed by atoms with Gasteiger partial charge in [0.15, 0.2) is 5.52 Å². The summed E-state index contributed by atoms with van der Waals surface area (Å²) in [5.41, 5.74) is 1.90. The van der Waals surface area contributed by atoms with Crippen molar-refractivity contribution in [2.75, 3.05) is 0 Å². The number of hydrogen-bond acceptors (Lipinski definition) is 5. The first-order valence-electron chi connectivity index (χ1n) is 7.61. The Balaban J connectivity index is 1.84. The number of aliphatic carboxylic acids is 1. The van der Waals surface area contributed by atoms with Crippen molar-refractivity contribution in [3.63, 3.8) is 0 Å². The van der Waals surface area contributed by atoms with Crippen LogP contribution in [0.5, 0.6) is 0 Å². The van der Waals surface area contributed by atoms with Crippen molar-refractivity contribution >= 4 is 27.9 Å². The molecule has 0 aliphatic carbocycles. The Morgan fingerprint density at radius 2 is 1.92 bits per heavy atom. The van der Waals surface area contributed by atoms with Crippen LogP contribution in [0.4, 0.5) is 0 Å². The van der Waals surface area contributed by atoms with E-state index in [0.717, 1.165) is 16.6 Å². The number of aromatic amines is 1. The molecule has 0 amide bonds. The molecule has 3 heterocycles. The molecule has 0 aliphatic rings. The number of H-pyrrole nitrogens is 1. The van der Waals surface area contributed by atoms with Crippen LogP contribution >= 0.6 is 0 Å². The maximum absolute atomic E-state index is 12.6. The average Bonchev–Trinajstić information content (AvgIpc) is 3.01. The molecule has 0 atom stereocenters. The molecule has 2 N–H and O–H groups in total. The van der Waals surface area contributed by atoms with Gasteiger partial charge in [-0.3, -0.25) is 14.6 Å². The monoisotopic (exact) mass is 335 g/mol. The van der Waals surface area contributed by atoms with E-state index >= 15 is 0 Å². The number of aromatic nitrogens is 5. The van der Waals surface area contributed by atoms with Gasteiger partial charge in [-0.15, -0.1) is 0 Å². The lowest BCUT2D eigenvalue weighted by Crippen LogP contribution is -2.27. The van der Waals surface area contributed by atoms with Crippen molar-refractivity contribution in [1.29, 1.82) is 0 Å². The van der Waals surface area contributed by atoms with E-state index in [9.17, 15) is 9.59 Å². The third-order valence-electron chi connectivity index (χ3n) is 3.87. The Morgan fingerprint density at radius 3 is 2.68 bits per heavy atom. The summed E-state index contributed by atoms with van der Waals surface area (Å²) in [4.78, 5) is 35.1. The highest BCUT2D eigenvalue weighted by Crippen LogP contribution is 2.15. The van der Waals surface area contributed by atoms with E-state index in [-0.39, 0.29) is 29.7 Å². The van der Waals surface area contributed by atoms with E-state index in [4.69, 9.17) is 5.11 Å². The van der Waals surface area contributed by atoms with Crippen molar-refractivity contribution in [2.45, 2.75) is 13.0 Å². The molecule has 0 saturated heterocycles. The molecule has 8 nitrogen and oxygen atoms in total. The highest BCUT2D eigenvalue weighted by atomic mass is 16.4. The Hall–Kier alpha value is -3.55. The van der Waals surface area contributed by atoms with E-state index in [2.05, 4.69) is 20.1 Å². The summed E-state index contributed by atoms with van der Waals surface area (Å²) < 4.78 is 1.22. The second-order valence-electron chi connectivity index (χ2n) is 5.62. The zero-order valence-corrected chi connectivity index (χ0v) is 13.0. The molecule has 1 aromatic carbocycles. The molecule has 0 fully saturated rings. The lowest BCUT2D eigenvalue weighted by molar-refractivity contribution is -0.136. The van der Waals surface area contributed by atoms with Crippen LogP contribution in [0.15, 0.2) is 47.5 Å². The molecule has 0 radical (unpaired) electrons. The van der Waals surface area contributed by atoms with E-state index < -0.39 is 11.5 Å². The van der Waals surface area contributed by atoms with Gasteiger partial charge in [0, 0.05) is 23.6 Å². The minimum absolute atomic E-state index is 0.116. The van der Waals surface area contributed by atoms with Crippen LogP contribution in [0, 0.1) is 0 Å². The van der Waals surface area contributed by atoms with Gasteiger partial charge in [-0.05, 0) is 17.5 Å². The van der Waals surface area contributed by atoms with Crippen LogP contribution in [0.3, 0.4) is 0 Å². The molecule has 8 heteroatoms. The quantitative estimate of drug-likeness (QED) is 0.582. The molecule has 124 valence electrons. The summed E-state index contributed by atoms with van der Waals surface area (Å²) in [6.07, 6.45) is 2.49. The normalized spacial score (nSPS) is 11.2. The zero-order chi connectivity index (χ0) is 17.4. The molecule has 0 aliphatic heterocycles. The zero-order valence-electron chi connectivity index (χ0n) is 13.0. The van der Waals surface area contributed by atoms with Crippen LogP contribution < -0.4 is 5.56 Å². The molecule has 0 saturated carbocycles. The minimum atomic E-state index is -1.05. The lowest BCUT2D eigenvalue weighted by atomic mass is 10.2. The van der Waals surface area contributed by atoms with Crippen molar-refractivity contribution in [3.05, 3.63) is 64.5 Å². The van der Waals surface area contributed by atoms with Crippen LogP contribution in [0.25, 0.3) is 21.9 Å². The molecule has 4 rings (SSSR count).